The zero-order valence-corrected chi connectivity index (χ0v) is 26.2. The molecule has 1 atom stereocenters. The molecule has 0 aliphatic carbocycles. The molecule has 1 saturated heterocycles. The maximum Gasteiger partial charge on any atom is 0.207 e. The van der Waals surface area contributed by atoms with Crippen molar-refractivity contribution in [3.63, 3.8) is 0 Å². The molecule has 2 N–H and O–H groups in total. The number of benzene rings is 1. The second kappa shape index (κ2) is 25.4. The van der Waals surface area contributed by atoms with Crippen molar-refractivity contribution in [1.29, 1.82) is 0 Å². The Balaban J connectivity index is 0. The fourth-order valence-electron chi connectivity index (χ4n) is 3.02. The number of likely N-dealkylation sites (tertiary alicyclic amines) is 1. The molecular weight excluding hydrogens is 512 g/mol. The van der Waals surface area contributed by atoms with Gasteiger partial charge in [-0.15, -0.1) is 11.3 Å². The Morgan fingerprint density at radius 3 is 2.10 bits per heavy atom. The Kier molecular flexibility index (Phi) is 24.9. The van der Waals surface area contributed by atoms with E-state index in [2.05, 4.69) is 46.3 Å². The van der Waals surface area contributed by atoms with Crippen molar-refractivity contribution in [3.05, 3.63) is 58.6 Å². The molecule has 9 heteroatoms. The van der Waals surface area contributed by atoms with E-state index >= 15 is 0 Å². The van der Waals surface area contributed by atoms with Crippen LogP contribution in [-0.2, 0) is 22.6 Å². The van der Waals surface area contributed by atoms with Gasteiger partial charge in [-0.1, -0.05) is 77.4 Å². The van der Waals surface area contributed by atoms with Gasteiger partial charge in [0.2, 0.25) is 6.41 Å². The first-order valence-electron chi connectivity index (χ1n) is 13.7. The summed E-state index contributed by atoms with van der Waals surface area (Å²) in [6.45, 7) is 18.6. The minimum absolute atomic E-state index is 0.0509. The molecule has 1 aliphatic rings. The minimum Gasteiger partial charge on any atom is -0.392 e. The largest absolute Gasteiger partial charge is 0.392 e. The van der Waals surface area contributed by atoms with E-state index in [9.17, 15) is 9.59 Å². The smallest absolute Gasteiger partial charge is 0.207 e. The van der Waals surface area contributed by atoms with E-state index < -0.39 is 0 Å². The van der Waals surface area contributed by atoms with Gasteiger partial charge in [0.1, 0.15) is 12.0 Å². The Labute approximate surface area is 239 Å². The highest BCUT2D eigenvalue weighted by molar-refractivity contribution is 7.13. The SMILES string of the molecule is CC.CC.CCC.CN1CCC(O)C1.Cc1cc(CC=O)on1.Cc1ncsc1-c1ccc(CNC=O)cc1. The zero-order valence-electron chi connectivity index (χ0n) is 25.4. The van der Waals surface area contributed by atoms with Crippen molar-refractivity contribution in [2.75, 3.05) is 20.1 Å². The zero-order chi connectivity index (χ0) is 30.1. The van der Waals surface area contributed by atoms with Gasteiger partial charge in [0.05, 0.1) is 34.3 Å². The highest BCUT2D eigenvalue weighted by Crippen LogP contribution is 2.27. The molecule has 3 aromatic rings. The van der Waals surface area contributed by atoms with Gasteiger partial charge < -0.3 is 24.6 Å². The number of nitrogens with zero attached hydrogens (tertiary/aromatic N) is 3. The molecule has 1 aliphatic heterocycles. The molecule has 8 nitrogen and oxygen atoms in total. The molecule has 0 radical (unpaired) electrons. The van der Waals surface area contributed by atoms with Crippen LogP contribution in [0.2, 0.25) is 0 Å². The molecule has 0 saturated carbocycles. The van der Waals surface area contributed by atoms with Crippen LogP contribution in [0.5, 0.6) is 0 Å². The van der Waals surface area contributed by atoms with E-state index in [0.29, 0.717) is 25.1 Å². The summed E-state index contributed by atoms with van der Waals surface area (Å²) in [6.07, 6.45) is 3.98. The fourth-order valence-corrected chi connectivity index (χ4v) is 3.83. The first kappa shape index (κ1) is 38.3. The third-order valence-corrected chi connectivity index (χ3v) is 5.66. The van der Waals surface area contributed by atoms with E-state index in [-0.39, 0.29) is 6.10 Å². The fraction of sp³-hybridized carbons (Fsp3) is 0.533. The monoisotopic (exact) mass is 562 g/mol. The number of nitrogens with one attached hydrogen (secondary N) is 1. The third-order valence-electron chi connectivity index (χ3n) is 4.68. The molecule has 2 aromatic heterocycles. The molecule has 4 rings (SSSR count). The number of aliphatic hydroxyl groups excluding tert-OH is 1. The summed E-state index contributed by atoms with van der Waals surface area (Å²) < 4.78 is 4.72. The summed E-state index contributed by atoms with van der Waals surface area (Å²) in [5.74, 6) is 0.627. The van der Waals surface area contributed by atoms with Crippen LogP contribution in [0.1, 0.15) is 77.1 Å². The third kappa shape index (κ3) is 18.1. The van der Waals surface area contributed by atoms with Crippen LogP contribution in [0, 0.1) is 13.8 Å². The predicted octanol–water partition coefficient (Wildman–Crippen LogP) is 6.24. The van der Waals surface area contributed by atoms with Crippen molar-refractivity contribution in [2.45, 2.75) is 87.3 Å². The van der Waals surface area contributed by atoms with E-state index in [4.69, 9.17) is 9.63 Å². The van der Waals surface area contributed by atoms with E-state index in [1.54, 1.807) is 17.4 Å². The number of rotatable bonds is 6. The van der Waals surface area contributed by atoms with Gasteiger partial charge >= 0.3 is 0 Å². The highest BCUT2D eigenvalue weighted by atomic mass is 32.1. The van der Waals surface area contributed by atoms with Crippen LogP contribution in [-0.4, -0.2) is 59.1 Å². The molecule has 0 spiro atoms. The number of amides is 1. The Morgan fingerprint density at radius 2 is 1.74 bits per heavy atom. The lowest BCUT2D eigenvalue weighted by molar-refractivity contribution is -0.109. The molecule has 1 aromatic carbocycles. The molecule has 1 unspecified atom stereocenters. The predicted molar refractivity (Wildman–Crippen MR) is 163 cm³/mol. The van der Waals surface area contributed by atoms with Gasteiger partial charge in [0, 0.05) is 25.7 Å². The average Bonchev–Trinajstić information content (AvgIpc) is 3.68. The second-order valence-electron chi connectivity index (χ2n) is 8.18. The summed E-state index contributed by atoms with van der Waals surface area (Å²) in [7, 11) is 2.02. The van der Waals surface area contributed by atoms with Gasteiger partial charge in [0.25, 0.3) is 0 Å². The van der Waals surface area contributed by atoms with Gasteiger partial charge in [-0.25, -0.2) is 4.98 Å². The lowest BCUT2D eigenvalue weighted by Crippen LogP contribution is -2.15. The molecule has 0 bridgehead atoms. The number of carbonyl (C=O) groups is 2. The Hall–Kier alpha value is -2.88. The van der Waals surface area contributed by atoms with Crippen molar-refractivity contribution in [2.24, 2.45) is 0 Å². The van der Waals surface area contributed by atoms with Crippen LogP contribution in [0.25, 0.3) is 10.4 Å². The first-order valence-corrected chi connectivity index (χ1v) is 14.6. The highest BCUT2D eigenvalue weighted by Gasteiger charge is 2.15. The normalized spacial score (nSPS) is 13.2. The molecule has 39 heavy (non-hydrogen) atoms. The summed E-state index contributed by atoms with van der Waals surface area (Å²) in [5, 5.41) is 15.1. The van der Waals surface area contributed by atoms with Gasteiger partial charge in [-0.3, -0.25) is 4.79 Å². The Morgan fingerprint density at radius 1 is 1.13 bits per heavy atom. The molecule has 3 heterocycles. The number of thiazole rings is 1. The topological polar surface area (TPSA) is 109 Å². The number of likely N-dealkylation sites (N-methyl/N-ethyl adjacent to an activating group) is 1. The van der Waals surface area contributed by atoms with Crippen molar-refractivity contribution in [1.82, 2.24) is 20.4 Å². The van der Waals surface area contributed by atoms with Gasteiger partial charge in [0.15, 0.2) is 0 Å². The Bertz CT molecular complexity index is 966. The standard InChI is InChI=1S/C12H12N2OS.C6H7NO2.C5H11NO.C3H8.2C2H6/c1-9-12(16-8-14-9)11-4-2-10(3-5-11)6-13-7-15;1-5-4-6(2-3-8)9-7-5;1-6-3-2-5(7)4-6;1-3-2;2*1-2/h2-5,7-8H,6H2,1H3,(H,13,15);3-4H,2H2,1H3;5,7H,2-4H2,1H3;3H2,1-2H3;2*1-2H3. The second-order valence-corrected chi connectivity index (χ2v) is 9.03. The van der Waals surface area contributed by atoms with Crippen LogP contribution in [0.4, 0.5) is 0 Å². The van der Waals surface area contributed by atoms with Gasteiger partial charge in [-0.05, 0) is 38.4 Å². The number of β-amino-alcohol motifs (C(OH)–C–C–N with tert-alkyl or cyclic N) is 1. The van der Waals surface area contributed by atoms with Crippen LogP contribution >= 0.6 is 11.3 Å². The number of aldehydes is 1. The van der Waals surface area contributed by atoms with Crippen LogP contribution < -0.4 is 5.32 Å². The van der Waals surface area contributed by atoms with Crippen molar-refractivity contribution >= 4 is 24.0 Å². The number of hydrogen-bond donors (Lipinski definition) is 2. The minimum atomic E-state index is -0.0509. The maximum atomic E-state index is 10.2. The molecule has 220 valence electrons. The molecular formula is C30H50N4O4S. The van der Waals surface area contributed by atoms with Gasteiger partial charge in [-0.2, -0.15) is 0 Å². The van der Waals surface area contributed by atoms with E-state index in [1.807, 2.05) is 66.2 Å². The summed E-state index contributed by atoms with van der Waals surface area (Å²) in [5.41, 5.74) is 6.00. The lowest BCUT2D eigenvalue weighted by atomic mass is 10.1. The number of aliphatic hydroxyl groups is 1. The lowest BCUT2D eigenvalue weighted by Gasteiger charge is -2.02. The quantitative estimate of drug-likeness (QED) is 0.342. The average molecular weight is 563 g/mol. The van der Waals surface area contributed by atoms with Crippen molar-refractivity contribution < 1.29 is 19.2 Å². The van der Waals surface area contributed by atoms with Crippen LogP contribution in [0.15, 0.2) is 40.4 Å². The van der Waals surface area contributed by atoms with E-state index in [0.717, 1.165) is 42.7 Å². The number of hydrogen-bond acceptors (Lipinski definition) is 8. The molecule has 1 fully saturated rings. The maximum absolute atomic E-state index is 10.2. The number of aromatic nitrogens is 2. The molecule has 1 amide bonds. The summed E-state index contributed by atoms with van der Waals surface area (Å²) >= 11 is 1.64. The van der Waals surface area contributed by atoms with Crippen molar-refractivity contribution in [3.8, 4) is 10.4 Å². The first-order chi connectivity index (χ1) is 18.8. The number of aryl methyl sites for hydroxylation is 2. The summed E-state index contributed by atoms with van der Waals surface area (Å²) in [6, 6.07) is 9.90. The number of carbonyl (C=O) groups excluding carboxylic acids is 2. The van der Waals surface area contributed by atoms with Crippen LogP contribution in [0.3, 0.4) is 0 Å². The van der Waals surface area contributed by atoms with E-state index in [1.165, 1.54) is 16.9 Å². The summed E-state index contributed by atoms with van der Waals surface area (Å²) in [4.78, 5) is 27.6.